The molecule has 15 heavy (non-hydrogen) atoms. The quantitative estimate of drug-likeness (QED) is 0.738. The molecule has 0 spiro atoms. The summed E-state index contributed by atoms with van der Waals surface area (Å²) in [5.74, 6) is 0.159. The maximum atomic E-state index is 11.9. The molecule has 0 unspecified atom stereocenters. The van der Waals surface area contributed by atoms with Crippen molar-refractivity contribution in [2.45, 2.75) is 13.0 Å². The molecule has 2 rings (SSSR count). The predicted octanol–water partition coefficient (Wildman–Crippen LogP) is 1.79. The molecule has 1 aliphatic rings. The largest absolute Gasteiger partial charge is 0.440 e. The van der Waals surface area contributed by atoms with Gasteiger partial charge in [0.2, 0.25) is 0 Å². The van der Waals surface area contributed by atoms with Gasteiger partial charge in [-0.1, -0.05) is 0 Å². The number of rotatable bonds is 1. The minimum absolute atomic E-state index is 0.0788. The Kier molecular flexibility index (Phi) is 2.98. The third-order valence-corrected chi connectivity index (χ3v) is 2.62. The number of amides is 1. The van der Waals surface area contributed by atoms with Gasteiger partial charge in [-0.25, -0.2) is 0 Å². The van der Waals surface area contributed by atoms with E-state index in [-0.39, 0.29) is 22.9 Å². The van der Waals surface area contributed by atoms with Crippen LogP contribution in [0, 0.1) is 0 Å². The molecule has 0 bridgehead atoms. The molecule has 2 heterocycles. The van der Waals surface area contributed by atoms with Gasteiger partial charge in [0.05, 0.1) is 19.3 Å². The highest BCUT2D eigenvalue weighted by Gasteiger charge is 2.26. The van der Waals surface area contributed by atoms with Gasteiger partial charge in [0, 0.05) is 6.54 Å². The number of ether oxygens (including phenoxy) is 1. The van der Waals surface area contributed by atoms with Crippen LogP contribution in [0.25, 0.3) is 0 Å². The molecular formula is C10H12ClNO3. The van der Waals surface area contributed by atoms with Crippen molar-refractivity contribution in [3.8, 4) is 0 Å². The summed E-state index contributed by atoms with van der Waals surface area (Å²) in [7, 11) is 0. The molecule has 1 aromatic heterocycles. The van der Waals surface area contributed by atoms with Gasteiger partial charge >= 0.3 is 0 Å². The van der Waals surface area contributed by atoms with Crippen LogP contribution in [0.5, 0.6) is 0 Å². The Bertz CT molecular complexity index is 363. The second-order valence-corrected chi connectivity index (χ2v) is 3.90. The molecule has 0 aromatic carbocycles. The monoisotopic (exact) mass is 229 g/mol. The lowest BCUT2D eigenvalue weighted by Crippen LogP contribution is -2.47. The van der Waals surface area contributed by atoms with E-state index in [9.17, 15) is 4.79 Å². The molecule has 1 aliphatic heterocycles. The van der Waals surface area contributed by atoms with Crippen molar-refractivity contribution < 1.29 is 13.9 Å². The minimum atomic E-state index is -0.127. The highest BCUT2D eigenvalue weighted by molar-refractivity contribution is 6.29. The lowest BCUT2D eigenvalue weighted by Gasteiger charge is -2.32. The zero-order valence-electron chi connectivity index (χ0n) is 8.40. The molecule has 4 nitrogen and oxygen atoms in total. The van der Waals surface area contributed by atoms with Gasteiger partial charge in [0.25, 0.3) is 5.91 Å². The van der Waals surface area contributed by atoms with Crippen molar-refractivity contribution in [2.75, 3.05) is 19.8 Å². The van der Waals surface area contributed by atoms with Crippen LogP contribution < -0.4 is 0 Å². The van der Waals surface area contributed by atoms with Crippen molar-refractivity contribution in [3.05, 3.63) is 23.1 Å². The number of halogens is 1. The van der Waals surface area contributed by atoms with E-state index in [0.29, 0.717) is 19.8 Å². The van der Waals surface area contributed by atoms with Gasteiger partial charge < -0.3 is 14.1 Å². The minimum Gasteiger partial charge on any atom is -0.440 e. The highest BCUT2D eigenvalue weighted by Crippen LogP contribution is 2.17. The Labute approximate surface area is 92.7 Å². The van der Waals surface area contributed by atoms with Crippen molar-refractivity contribution in [3.63, 3.8) is 0 Å². The van der Waals surface area contributed by atoms with E-state index in [2.05, 4.69) is 0 Å². The molecule has 1 aromatic rings. The van der Waals surface area contributed by atoms with E-state index >= 15 is 0 Å². The molecule has 82 valence electrons. The van der Waals surface area contributed by atoms with E-state index in [1.165, 1.54) is 0 Å². The number of morpholine rings is 1. The van der Waals surface area contributed by atoms with E-state index in [1.54, 1.807) is 17.0 Å². The molecule has 0 aliphatic carbocycles. The molecule has 1 atom stereocenters. The van der Waals surface area contributed by atoms with Crippen LogP contribution in [-0.2, 0) is 4.74 Å². The van der Waals surface area contributed by atoms with Gasteiger partial charge in [-0.3, -0.25) is 4.79 Å². The Morgan fingerprint density at radius 2 is 2.40 bits per heavy atom. The summed E-state index contributed by atoms with van der Waals surface area (Å²) in [6.07, 6.45) is 0. The van der Waals surface area contributed by atoms with E-state index in [1.807, 2.05) is 6.92 Å². The van der Waals surface area contributed by atoms with Crippen LogP contribution in [0.2, 0.25) is 5.22 Å². The molecule has 0 radical (unpaired) electrons. The Hall–Kier alpha value is -1.00. The van der Waals surface area contributed by atoms with Crippen molar-refractivity contribution >= 4 is 17.5 Å². The van der Waals surface area contributed by atoms with Gasteiger partial charge in [-0.15, -0.1) is 0 Å². The summed E-state index contributed by atoms with van der Waals surface area (Å²) in [6, 6.07) is 3.24. The lowest BCUT2D eigenvalue weighted by atomic mass is 10.2. The average molecular weight is 230 g/mol. The van der Waals surface area contributed by atoms with Crippen LogP contribution in [0.15, 0.2) is 16.5 Å². The van der Waals surface area contributed by atoms with Gasteiger partial charge in [0.1, 0.15) is 0 Å². The standard InChI is InChI=1S/C10H12ClNO3/c1-7-6-14-5-4-12(7)10(13)8-2-3-9(11)15-8/h2-3,7H,4-6H2,1H3/t7-/m1/s1. The summed E-state index contributed by atoms with van der Waals surface area (Å²) >= 11 is 5.62. The summed E-state index contributed by atoms with van der Waals surface area (Å²) < 4.78 is 10.3. The summed E-state index contributed by atoms with van der Waals surface area (Å²) in [5, 5.41) is 0.235. The van der Waals surface area contributed by atoms with Crippen LogP contribution in [0.4, 0.5) is 0 Å². The fourth-order valence-corrected chi connectivity index (χ4v) is 1.75. The number of hydrogen-bond acceptors (Lipinski definition) is 3. The first kappa shape index (κ1) is 10.5. The van der Waals surface area contributed by atoms with Crippen molar-refractivity contribution in [1.29, 1.82) is 0 Å². The molecule has 1 fully saturated rings. The molecule has 0 N–H and O–H groups in total. The third kappa shape index (κ3) is 2.16. The molecular weight excluding hydrogens is 218 g/mol. The van der Waals surface area contributed by atoms with Crippen molar-refractivity contribution in [1.82, 2.24) is 4.90 Å². The number of hydrogen-bond donors (Lipinski definition) is 0. The maximum Gasteiger partial charge on any atom is 0.290 e. The Balaban J connectivity index is 2.13. The summed E-state index contributed by atoms with van der Waals surface area (Å²) in [5.41, 5.74) is 0. The molecule has 0 saturated carbocycles. The Morgan fingerprint density at radius 3 is 3.00 bits per heavy atom. The van der Waals surface area contributed by atoms with Gasteiger partial charge in [0.15, 0.2) is 11.0 Å². The zero-order valence-corrected chi connectivity index (χ0v) is 9.16. The number of carbonyl (C=O) groups excluding carboxylic acids is 1. The van der Waals surface area contributed by atoms with Crippen LogP contribution >= 0.6 is 11.6 Å². The second-order valence-electron chi connectivity index (χ2n) is 3.53. The topological polar surface area (TPSA) is 42.7 Å². The van der Waals surface area contributed by atoms with E-state index < -0.39 is 0 Å². The predicted molar refractivity (Wildman–Crippen MR) is 55.0 cm³/mol. The first-order valence-electron chi connectivity index (χ1n) is 4.82. The first-order chi connectivity index (χ1) is 7.18. The molecule has 5 heteroatoms. The average Bonchev–Trinajstić information content (AvgIpc) is 2.65. The van der Waals surface area contributed by atoms with E-state index in [0.717, 1.165) is 0 Å². The van der Waals surface area contributed by atoms with E-state index in [4.69, 9.17) is 20.8 Å². The number of furan rings is 1. The smallest absolute Gasteiger partial charge is 0.290 e. The van der Waals surface area contributed by atoms with Gasteiger partial charge in [-0.2, -0.15) is 0 Å². The molecule has 1 saturated heterocycles. The van der Waals surface area contributed by atoms with Crippen LogP contribution in [0.1, 0.15) is 17.5 Å². The summed E-state index contributed by atoms with van der Waals surface area (Å²) in [4.78, 5) is 13.7. The fourth-order valence-electron chi connectivity index (χ4n) is 1.60. The van der Waals surface area contributed by atoms with Crippen molar-refractivity contribution in [2.24, 2.45) is 0 Å². The first-order valence-corrected chi connectivity index (χ1v) is 5.20. The lowest BCUT2D eigenvalue weighted by molar-refractivity contribution is 0.00197. The third-order valence-electron chi connectivity index (χ3n) is 2.41. The second kappa shape index (κ2) is 4.24. The zero-order chi connectivity index (χ0) is 10.8. The Morgan fingerprint density at radius 1 is 1.60 bits per heavy atom. The molecule has 1 amide bonds. The normalized spacial score (nSPS) is 21.7. The SMILES string of the molecule is C[C@@H]1COCCN1C(=O)c1ccc(Cl)o1. The number of carbonyl (C=O) groups is 1. The summed E-state index contributed by atoms with van der Waals surface area (Å²) in [6.45, 7) is 3.69. The maximum absolute atomic E-state index is 11.9. The van der Waals surface area contributed by atoms with Crippen LogP contribution in [0.3, 0.4) is 0 Å². The number of nitrogens with zero attached hydrogens (tertiary/aromatic N) is 1. The van der Waals surface area contributed by atoms with Gasteiger partial charge in [-0.05, 0) is 30.7 Å². The van der Waals surface area contributed by atoms with Crippen LogP contribution in [-0.4, -0.2) is 36.6 Å². The highest BCUT2D eigenvalue weighted by atomic mass is 35.5. The fraction of sp³-hybridized carbons (Fsp3) is 0.500.